The summed E-state index contributed by atoms with van der Waals surface area (Å²) >= 11 is 0. The molecule has 6 nitrogen and oxygen atoms in total. The zero-order valence-corrected chi connectivity index (χ0v) is 12.3. The molecule has 0 fully saturated rings. The first-order valence-electron chi connectivity index (χ1n) is 6.59. The van der Waals surface area contributed by atoms with Gasteiger partial charge in [-0.05, 0) is 12.3 Å². The second-order valence-electron chi connectivity index (χ2n) is 6.25. The van der Waals surface area contributed by atoms with Crippen molar-refractivity contribution in [1.82, 2.24) is 20.5 Å². The number of amides is 1. The van der Waals surface area contributed by atoms with E-state index < -0.39 is 6.10 Å². The third-order valence-corrected chi connectivity index (χ3v) is 2.64. The van der Waals surface area contributed by atoms with Crippen LogP contribution in [0.25, 0.3) is 0 Å². The summed E-state index contributed by atoms with van der Waals surface area (Å²) in [4.78, 5) is 16.0. The molecular weight excluding hydrogens is 244 g/mol. The highest BCUT2D eigenvalue weighted by atomic mass is 16.3. The Bertz CT molecular complexity index is 421. The second-order valence-corrected chi connectivity index (χ2v) is 6.25. The highest BCUT2D eigenvalue weighted by molar-refractivity contribution is 5.90. The van der Waals surface area contributed by atoms with Gasteiger partial charge >= 0.3 is 0 Å². The van der Waals surface area contributed by atoms with Gasteiger partial charge in [0.05, 0.1) is 6.10 Å². The van der Waals surface area contributed by atoms with Crippen molar-refractivity contribution in [2.75, 3.05) is 6.54 Å². The minimum absolute atomic E-state index is 0.113. The lowest BCUT2D eigenvalue weighted by Gasteiger charge is -2.13. The highest BCUT2D eigenvalue weighted by Crippen LogP contribution is 2.17. The van der Waals surface area contributed by atoms with E-state index in [1.165, 1.54) is 0 Å². The van der Waals surface area contributed by atoms with Crippen molar-refractivity contribution >= 4 is 5.91 Å². The largest absolute Gasteiger partial charge is 0.391 e. The Labute approximate surface area is 114 Å². The molecule has 1 rings (SSSR count). The Kier molecular flexibility index (Phi) is 5.05. The number of aliphatic hydroxyl groups excluding tert-OH is 1. The van der Waals surface area contributed by atoms with E-state index in [2.05, 4.69) is 20.5 Å². The van der Waals surface area contributed by atoms with E-state index in [0.717, 1.165) is 0 Å². The molecule has 19 heavy (non-hydrogen) atoms. The molecule has 0 aliphatic carbocycles. The molecule has 0 spiro atoms. The number of aliphatic hydroxyl groups is 1. The quantitative estimate of drug-likeness (QED) is 0.749. The van der Waals surface area contributed by atoms with Gasteiger partial charge in [0.15, 0.2) is 0 Å². The Morgan fingerprint density at radius 3 is 2.53 bits per heavy atom. The summed E-state index contributed by atoms with van der Waals surface area (Å²) < 4.78 is 0. The van der Waals surface area contributed by atoms with Crippen LogP contribution in [-0.2, 0) is 5.41 Å². The summed E-state index contributed by atoms with van der Waals surface area (Å²) in [7, 11) is 0. The van der Waals surface area contributed by atoms with Crippen LogP contribution in [0.2, 0.25) is 0 Å². The van der Waals surface area contributed by atoms with E-state index in [4.69, 9.17) is 0 Å². The van der Waals surface area contributed by atoms with Crippen LogP contribution in [0.1, 0.15) is 57.5 Å². The fourth-order valence-corrected chi connectivity index (χ4v) is 1.62. The number of aromatic amines is 1. The van der Waals surface area contributed by atoms with E-state index in [9.17, 15) is 9.90 Å². The van der Waals surface area contributed by atoms with Crippen molar-refractivity contribution < 1.29 is 9.90 Å². The number of rotatable bonds is 5. The van der Waals surface area contributed by atoms with Crippen molar-refractivity contribution in [2.24, 2.45) is 5.92 Å². The molecule has 108 valence electrons. The standard InChI is InChI=1S/C13H24N4O2/c1-8(2)6-9(18)7-14-11(19)10-15-12(17-16-10)13(3,4)5/h8-9,18H,6-7H2,1-5H3,(H,14,19)(H,15,16,17). The van der Waals surface area contributed by atoms with Gasteiger partial charge in [-0.3, -0.25) is 9.89 Å². The molecule has 1 aromatic heterocycles. The number of nitrogens with zero attached hydrogens (tertiary/aromatic N) is 2. The number of H-pyrrole nitrogens is 1. The minimum Gasteiger partial charge on any atom is -0.391 e. The summed E-state index contributed by atoms with van der Waals surface area (Å²) in [6.45, 7) is 10.2. The summed E-state index contributed by atoms with van der Waals surface area (Å²) in [6.07, 6.45) is 0.117. The SMILES string of the molecule is CC(C)CC(O)CNC(=O)c1n[nH]c(C(C)(C)C)n1. The first-order valence-corrected chi connectivity index (χ1v) is 6.59. The highest BCUT2D eigenvalue weighted by Gasteiger charge is 2.21. The van der Waals surface area contributed by atoms with Gasteiger partial charge in [-0.15, -0.1) is 5.10 Å². The molecule has 0 aliphatic rings. The maximum absolute atomic E-state index is 11.8. The molecular formula is C13H24N4O2. The summed E-state index contributed by atoms with van der Waals surface area (Å²) in [5, 5.41) is 19.0. The third-order valence-electron chi connectivity index (χ3n) is 2.64. The van der Waals surface area contributed by atoms with Crippen molar-refractivity contribution in [3.8, 4) is 0 Å². The molecule has 0 aromatic carbocycles. The van der Waals surface area contributed by atoms with Crippen LogP contribution in [0.4, 0.5) is 0 Å². The topological polar surface area (TPSA) is 90.9 Å². The van der Waals surface area contributed by atoms with E-state index in [1.54, 1.807) is 0 Å². The van der Waals surface area contributed by atoms with Gasteiger partial charge in [0, 0.05) is 12.0 Å². The van der Waals surface area contributed by atoms with E-state index in [1.807, 2.05) is 34.6 Å². The predicted octanol–water partition coefficient (Wildman–Crippen LogP) is 1.24. The van der Waals surface area contributed by atoms with Gasteiger partial charge in [-0.2, -0.15) is 0 Å². The Morgan fingerprint density at radius 2 is 2.05 bits per heavy atom. The van der Waals surface area contributed by atoms with Gasteiger partial charge in [0.25, 0.3) is 5.91 Å². The number of nitrogens with one attached hydrogen (secondary N) is 2. The number of hydrogen-bond acceptors (Lipinski definition) is 4. The van der Waals surface area contributed by atoms with Gasteiger partial charge in [-0.1, -0.05) is 34.6 Å². The summed E-state index contributed by atoms with van der Waals surface area (Å²) in [5.41, 5.74) is -0.178. The van der Waals surface area contributed by atoms with E-state index in [-0.39, 0.29) is 23.7 Å². The number of carbonyl (C=O) groups excluding carboxylic acids is 1. The van der Waals surface area contributed by atoms with Crippen LogP contribution in [0.5, 0.6) is 0 Å². The number of carbonyl (C=O) groups is 1. The van der Waals surface area contributed by atoms with Crippen molar-refractivity contribution in [3.63, 3.8) is 0 Å². The van der Waals surface area contributed by atoms with Crippen LogP contribution in [0.15, 0.2) is 0 Å². The van der Waals surface area contributed by atoms with Gasteiger partial charge < -0.3 is 10.4 Å². The molecule has 1 heterocycles. The second kappa shape index (κ2) is 6.14. The first-order chi connectivity index (χ1) is 8.70. The van der Waals surface area contributed by atoms with Crippen molar-refractivity contribution in [1.29, 1.82) is 0 Å². The Hall–Kier alpha value is -1.43. The maximum Gasteiger partial charge on any atom is 0.291 e. The normalized spacial score (nSPS) is 13.6. The van der Waals surface area contributed by atoms with Gasteiger partial charge in [0.2, 0.25) is 5.82 Å². The van der Waals surface area contributed by atoms with Crippen LogP contribution >= 0.6 is 0 Å². The lowest BCUT2D eigenvalue weighted by atomic mass is 9.96. The fraction of sp³-hybridized carbons (Fsp3) is 0.769. The molecule has 1 atom stereocenters. The van der Waals surface area contributed by atoms with Crippen LogP contribution in [0.3, 0.4) is 0 Å². The molecule has 0 saturated heterocycles. The van der Waals surface area contributed by atoms with Gasteiger partial charge in [-0.25, -0.2) is 4.98 Å². The lowest BCUT2D eigenvalue weighted by molar-refractivity contribution is 0.0890. The van der Waals surface area contributed by atoms with E-state index in [0.29, 0.717) is 18.2 Å². The monoisotopic (exact) mass is 268 g/mol. The average molecular weight is 268 g/mol. The smallest absolute Gasteiger partial charge is 0.291 e. The number of hydrogen-bond donors (Lipinski definition) is 3. The lowest BCUT2D eigenvalue weighted by Crippen LogP contribution is -2.33. The Morgan fingerprint density at radius 1 is 1.42 bits per heavy atom. The third kappa shape index (κ3) is 4.98. The molecule has 1 unspecified atom stereocenters. The zero-order valence-electron chi connectivity index (χ0n) is 12.3. The molecule has 6 heteroatoms. The molecule has 0 aliphatic heterocycles. The average Bonchev–Trinajstić information content (AvgIpc) is 2.73. The number of aromatic nitrogens is 3. The van der Waals surface area contributed by atoms with Gasteiger partial charge in [0.1, 0.15) is 5.82 Å². The summed E-state index contributed by atoms with van der Waals surface area (Å²) in [5.74, 6) is 0.805. The predicted molar refractivity (Wildman–Crippen MR) is 72.9 cm³/mol. The molecule has 3 N–H and O–H groups in total. The Balaban J connectivity index is 2.52. The van der Waals surface area contributed by atoms with Crippen LogP contribution < -0.4 is 5.32 Å². The van der Waals surface area contributed by atoms with Crippen LogP contribution in [-0.4, -0.2) is 38.8 Å². The molecule has 0 saturated carbocycles. The zero-order chi connectivity index (χ0) is 14.6. The molecule has 0 radical (unpaired) electrons. The van der Waals surface area contributed by atoms with Crippen LogP contribution in [0, 0.1) is 5.92 Å². The molecule has 1 aromatic rings. The fourth-order valence-electron chi connectivity index (χ4n) is 1.62. The molecule has 0 bridgehead atoms. The van der Waals surface area contributed by atoms with Crippen molar-refractivity contribution in [2.45, 2.75) is 52.6 Å². The van der Waals surface area contributed by atoms with E-state index >= 15 is 0 Å². The minimum atomic E-state index is -0.537. The molecule has 1 amide bonds. The first kappa shape index (κ1) is 15.6. The summed E-state index contributed by atoms with van der Waals surface area (Å²) in [6, 6.07) is 0. The van der Waals surface area contributed by atoms with Crippen molar-refractivity contribution in [3.05, 3.63) is 11.6 Å². The maximum atomic E-state index is 11.8.